The van der Waals surface area contributed by atoms with E-state index in [1.165, 1.54) is 26.2 Å². The van der Waals surface area contributed by atoms with Gasteiger partial charge < -0.3 is 14.2 Å². The molecule has 1 aliphatic heterocycles. The lowest BCUT2D eigenvalue weighted by Crippen LogP contribution is -2.52. The van der Waals surface area contributed by atoms with Crippen LogP contribution in [0.2, 0.25) is 0 Å². The molecular weight excluding hydrogens is 378 g/mol. The molecule has 0 spiro atoms. The first kappa shape index (κ1) is 21.1. The van der Waals surface area contributed by atoms with Gasteiger partial charge in [-0.25, -0.2) is 0 Å². The van der Waals surface area contributed by atoms with Crippen LogP contribution in [0.4, 0.5) is 0 Å². The van der Waals surface area contributed by atoms with Gasteiger partial charge in [0.25, 0.3) is 10.1 Å². The molecule has 0 bridgehead atoms. The number of methoxy groups -OCH3 is 1. The van der Waals surface area contributed by atoms with Gasteiger partial charge in [0.1, 0.15) is 12.2 Å². The Bertz CT molecular complexity index is 806. The number of esters is 1. The van der Waals surface area contributed by atoms with Crippen LogP contribution in [0, 0.1) is 6.92 Å². The van der Waals surface area contributed by atoms with E-state index in [4.69, 9.17) is 23.9 Å². The maximum absolute atomic E-state index is 12.4. The van der Waals surface area contributed by atoms with E-state index in [1.807, 2.05) is 6.92 Å². The molecule has 4 atom stereocenters. The number of hydrogen-bond acceptors (Lipinski definition) is 8. The Morgan fingerprint density at radius 2 is 2.04 bits per heavy atom. The summed E-state index contributed by atoms with van der Waals surface area (Å²) in [7, 11) is -2.65. The SMILES string of the molecule is CO[C@@H]1C[C@@H](N=[N+]=[N-])[C@H](OC(C)=O)[C@@H](COS(=O)(=O)c2ccc(C)cc2)O1. The molecule has 0 aromatic heterocycles. The molecule has 10 nitrogen and oxygen atoms in total. The Morgan fingerprint density at radius 1 is 1.37 bits per heavy atom. The van der Waals surface area contributed by atoms with Crippen LogP contribution in [-0.4, -0.2) is 52.6 Å². The third-order valence-electron chi connectivity index (χ3n) is 3.97. The molecule has 1 fully saturated rings. The van der Waals surface area contributed by atoms with Gasteiger partial charge >= 0.3 is 5.97 Å². The van der Waals surface area contributed by atoms with Crippen LogP contribution in [0.3, 0.4) is 0 Å². The van der Waals surface area contributed by atoms with E-state index in [-0.39, 0.29) is 11.3 Å². The monoisotopic (exact) mass is 399 g/mol. The average Bonchev–Trinajstić information content (AvgIpc) is 2.62. The van der Waals surface area contributed by atoms with Crippen molar-refractivity contribution in [2.24, 2.45) is 5.11 Å². The standard InChI is InChI=1S/C16H21N3O7S/c1-10-4-6-12(7-5-10)27(21,22)24-9-14-16(25-11(2)20)13(18-19-17)8-15(23-3)26-14/h4-7,13-16H,8-9H2,1-3H3/t13-,14-,15+,16+/m1/s1. The molecule has 0 radical (unpaired) electrons. The molecule has 0 N–H and O–H groups in total. The Morgan fingerprint density at radius 3 is 2.59 bits per heavy atom. The molecule has 2 rings (SSSR count). The highest BCUT2D eigenvalue weighted by molar-refractivity contribution is 7.86. The summed E-state index contributed by atoms with van der Waals surface area (Å²) < 4.78 is 45.8. The van der Waals surface area contributed by atoms with E-state index in [9.17, 15) is 13.2 Å². The molecule has 1 aliphatic rings. The zero-order chi connectivity index (χ0) is 20.0. The van der Waals surface area contributed by atoms with Crippen LogP contribution >= 0.6 is 0 Å². The molecule has 1 heterocycles. The third-order valence-corrected chi connectivity index (χ3v) is 5.26. The topological polar surface area (TPSA) is 137 Å². The van der Waals surface area contributed by atoms with Crippen LogP contribution in [-0.2, 0) is 33.3 Å². The first-order valence-electron chi connectivity index (χ1n) is 8.12. The quantitative estimate of drug-likeness (QED) is 0.225. The number of benzene rings is 1. The van der Waals surface area contributed by atoms with Crippen LogP contribution in [0.25, 0.3) is 10.4 Å². The Labute approximate surface area is 157 Å². The van der Waals surface area contributed by atoms with Crippen LogP contribution < -0.4 is 0 Å². The summed E-state index contributed by atoms with van der Waals surface area (Å²) in [4.78, 5) is 14.1. The number of carbonyl (C=O) groups is 1. The maximum Gasteiger partial charge on any atom is 0.303 e. The lowest BCUT2D eigenvalue weighted by atomic mass is 9.99. The first-order chi connectivity index (χ1) is 12.8. The summed E-state index contributed by atoms with van der Waals surface area (Å²) in [5.41, 5.74) is 9.66. The lowest BCUT2D eigenvalue weighted by Gasteiger charge is -2.38. The summed E-state index contributed by atoms with van der Waals surface area (Å²) in [6, 6.07) is 5.36. The van der Waals surface area contributed by atoms with E-state index in [0.717, 1.165) is 5.56 Å². The van der Waals surface area contributed by atoms with Gasteiger partial charge in [0.05, 0.1) is 17.5 Å². The van der Waals surface area contributed by atoms with Crippen molar-refractivity contribution in [2.75, 3.05) is 13.7 Å². The van der Waals surface area contributed by atoms with Crippen molar-refractivity contribution in [2.45, 2.75) is 49.7 Å². The predicted molar refractivity (Wildman–Crippen MR) is 93.1 cm³/mol. The van der Waals surface area contributed by atoms with Crippen molar-refractivity contribution in [3.8, 4) is 0 Å². The number of hydrogen-bond donors (Lipinski definition) is 0. The molecule has 1 aromatic rings. The number of nitrogens with zero attached hydrogens (tertiary/aromatic N) is 3. The molecule has 27 heavy (non-hydrogen) atoms. The summed E-state index contributed by atoms with van der Waals surface area (Å²) in [6.45, 7) is 2.58. The highest BCUT2D eigenvalue weighted by atomic mass is 32.2. The smallest absolute Gasteiger partial charge is 0.303 e. The second-order valence-corrected chi connectivity index (χ2v) is 7.59. The third kappa shape index (κ3) is 5.65. The Hall–Kier alpha value is -2.17. The van der Waals surface area contributed by atoms with Gasteiger partial charge in [-0.2, -0.15) is 8.42 Å². The second-order valence-electron chi connectivity index (χ2n) is 5.97. The van der Waals surface area contributed by atoms with Crippen LogP contribution in [0.5, 0.6) is 0 Å². The highest BCUT2D eigenvalue weighted by Gasteiger charge is 2.41. The minimum absolute atomic E-state index is 0.0113. The van der Waals surface area contributed by atoms with Crippen molar-refractivity contribution in [3.63, 3.8) is 0 Å². The minimum atomic E-state index is -4.05. The summed E-state index contributed by atoms with van der Waals surface area (Å²) in [5.74, 6) is -0.621. The van der Waals surface area contributed by atoms with E-state index in [2.05, 4.69) is 10.0 Å². The van der Waals surface area contributed by atoms with Gasteiger partial charge in [0.15, 0.2) is 6.29 Å². The van der Waals surface area contributed by atoms with Crippen molar-refractivity contribution in [3.05, 3.63) is 40.3 Å². The van der Waals surface area contributed by atoms with Gasteiger partial charge in [0.2, 0.25) is 0 Å². The maximum atomic E-state index is 12.4. The highest BCUT2D eigenvalue weighted by Crippen LogP contribution is 2.27. The van der Waals surface area contributed by atoms with Crippen LogP contribution in [0.15, 0.2) is 34.3 Å². The number of aryl methyl sites for hydroxylation is 1. The van der Waals surface area contributed by atoms with Crippen molar-refractivity contribution >= 4 is 16.1 Å². The molecule has 0 saturated carbocycles. The molecule has 148 valence electrons. The minimum Gasteiger partial charge on any atom is -0.459 e. The zero-order valence-electron chi connectivity index (χ0n) is 15.1. The Kier molecular flexibility index (Phi) is 7.17. The Balaban J connectivity index is 2.19. The average molecular weight is 399 g/mol. The van der Waals surface area contributed by atoms with Gasteiger partial charge in [-0.15, -0.1) is 0 Å². The summed E-state index contributed by atoms with van der Waals surface area (Å²) in [6.07, 6.45) is -2.61. The molecule has 1 aromatic carbocycles. The fourth-order valence-corrected chi connectivity index (χ4v) is 3.57. The van der Waals surface area contributed by atoms with E-state index in [1.54, 1.807) is 12.1 Å². The second kappa shape index (κ2) is 9.16. The fourth-order valence-electron chi connectivity index (χ4n) is 2.65. The van der Waals surface area contributed by atoms with Crippen molar-refractivity contribution in [1.82, 2.24) is 0 Å². The molecule has 0 amide bonds. The van der Waals surface area contributed by atoms with Gasteiger partial charge in [-0.05, 0) is 24.6 Å². The summed E-state index contributed by atoms with van der Waals surface area (Å²) >= 11 is 0. The number of ether oxygens (including phenoxy) is 3. The fraction of sp³-hybridized carbons (Fsp3) is 0.562. The molecule has 1 saturated heterocycles. The van der Waals surface area contributed by atoms with Crippen LogP contribution in [0.1, 0.15) is 18.9 Å². The van der Waals surface area contributed by atoms with E-state index in [0.29, 0.717) is 0 Å². The molecule has 0 aliphatic carbocycles. The summed E-state index contributed by atoms with van der Waals surface area (Å²) in [5, 5.41) is 3.62. The number of azide groups is 1. The van der Waals surface area contributed by atoms with Gasteiger partial charge in [-0.1, -0.05) is 22.8 Å². The number of rotatable bonds is 7. The molecular formula is C16H21N3O7S. The predicted octanol–water partition coefficient (Wildman–Crippen LogP) is 2.07. The van der Waals surface area contributed by atoms with Crippen molar-refractivity contribution < 1.29 is 31.6 Å². The van der Waals surface area contributed by atoms with Crippen molar-refractivity contribution in [1.29, 1.82) is 0 Å². The number of carbonyl (C=O) groups excluding carboxylic acids is 1. The van der Waals surface area contributed by atoms with Gasteiger partial charge in [0, 0.05) is 25.4 Å². The van der Waals surface area contributed by atoms with Gasteiger partial charge in [-0.3, -0.25) is 8.98 Å². The van der Waals surface area contributed by atoms with E-state index >= 15 is 0 Å². The zero-order valence-corrected chi connectivity index (χ0v) is 16.0. The first-order valence-corrected chi connectivity index (χ1v) is 9.53. The van der Waals surface area contributed by atoms with E-state index < -0.39 is 47.2 Å². The molecule has 0 unspecified atom stereocenters. The largest absolute Gasteiger partial charge is 0.459 e. The molecule has 11 heteroatoms. The lowest BCUT2D eigenvalue weighted by molar-refractivity contribution is -0.230. The normalized spacial score (nSPS) is 25.4.